The molecule has 0 bridgehead atoms. The van der Waals surface area contributed by atoms with E-state index in [1.807, 2.05) is 0 Å². The lowest BCUT2D eigenvalue weighted by Crippen LogP contribution is -2.25. The molecule has 2 aromatic rings. The van der Waals surface area contributed by atoms with Crippen molar-refractivity contribution in [3.05, 3.63) is 58.2 Å². The Labute approximate surface area is 134 Å². The first kappa shape index (κ1) is 14.4. The minimum atomic E-state index is -0.359. The minimum absolute atomic E-state index is 0.100. The van der Waals surface area contributed by atoms with Gasteiger partial charge in [-0.05, 0) is 28.1 Å². The second-order valence-corrected chi connectivity index (χ2v) is 5.28. The molecule has 0 fully saturated rings. The zero-order valence-corrected chi connectivity index (χ0v) is 13.0. The van der Waals surface area contributed by atoms with Crippen molar-refractivity contribution in [2.45, 2.75) is 0 Å². The number of ether oxygens (including phenoxy) is 1. The van der Waals surface area contributed by atoms with Gasteiger partial charge in [0.15, 0.2) is 0 Å². The van der Waals surface area contributed by atoms with Gasteiger partial charge in [-0.25, -0.2) is 9.97 Å². The van der Waals surface area contributed by atoms with Crippen molar-refractivity contribution in [3.8, 4) is 5.75 Å². The Bertz CT molecular complexity index is 817. The van der Waals surface area contributed by atoms with Gasteiger partial charge in [0, 0.05) is 18.0 Å². The molecule has 7 heteroatoms. The minimum Gasteiger partial charge on any atom is -0.497 e. The molecule has 1 aliphatic rings. The van der Waals surface area contributed by atoms with Gasteiger partial charge in [-0.15, -0.1) is 0 Å². The van der Waals surface area contributed by atoms with Gasteiger partial charge in [-0.2, -0.15) is 0 Å². The average Bonchev–Trinajstić information content (AvgIpc) is 2.57. The van der Waals surface area contributed by atoms with Gasteiger partial charge in [0.1, 0.15) is 23.5 Å². The summed E-state index contributed by atoms with van der Waals surface area (Å²) < 4.78 is 5.28. The van der Waals surface area contributed by atoms with Crippen LogP contribution in [-0.4, -0.2) is 28.6 Å². The van der Waals surface area contributed by atoms with Crippen LogP contribution in [0.15, 0.2) is 47.0 Å². The quantitative estimate of drug-likeness (QED) is 0.906. The largest absolute Gasteiger partial charge is 0.497 e. The first-order chi connectivity index (χ1) is 10.6. The molecule has 0 radical (unpaired) electrons. The van der Waals surface area contributed by atoms with E-state index >= 15 is 0 Å². The number of fused-ring (bicyclic) bond motifs is 1. The van der Waals surface area contributed by atoms with Crippen LogP contribution in [0.25, 0.3) is 0 Å². The molecule has 1 heterocycles. The summed E-state index contributed by atoms with van der Waals surface area (Å²) in [6.07, 6.45) is 2.58. The van der Waals surface area contributed by atoms with E-state index in [4.69, 9.17) is 4.74 Å². The van der Waals surface area contributed by atoms with E-state index in [1.54, 1.807) is 31.4 Å². The lowest BCUT2D eigenvalue weighted by Gasteiger charge is -2.18. The summed E-state index contributed by atoms with van der Waals surface area (Å²) in [5.74, 6) is -0.0627. The number of aromatic nitrogens is 2. The average molecular weight is 360 g/mol. The maximum absolute atomic E-state index is 12.5. The van der Waals surface area contributed by atoms with E-state index in [1.165, 1.54) is 12.5 Å². The number of hydrogen-bond donors (Lipinski definition) is 1. The number of hydrogen-bond acceptors (Lipinski definition) is 6. The monoisotopic (exact) mass is 359 g/mol. The highest BCUT2D eigenvalue weighted by Gasteiger charge is 2.32. The number of nitrogens with one attached hydrogen (secondary N) is 1. The SMILES string of the molecule is COc1cccc(NC2=C(Br)C(=O)c3ncncc3C2=O)c1. The van der Waals surface area contributed by atoms with Crippen LogP contribution >= 0.6 is 15.9 Å². The fourth-order valence-electron chi connectivity index (χ4n) is 2.09. The first-order valence-corrected chi connectivity index (χ1v) is 7.11. The number of nitrogens with zero attached hydrogens (tertiary/aromatic N) is 2. The lowest BCUT2D eigenvalue weighted by atomic mass is 9.98. The molecular weight excluding hydrogens is 350 g/mol. The van der Waals surface area contributed by atoms with Crippen molar-refractivity contribution in [1.82, 2.24) is 9.97 Å². The maximum atomic E-state index is 12.5. The molecular formula is C15H10BrN3O3. The van der Waals surface area contributed by atoms with E-state index in [2.05, 4.69) is 31.2 Å². The molecule has 0 atom stereocenters. The summed E-state index contributed by atoms with van der Waals surface area (Å²) in [5, 5.41) is 2.95. The summed E-state index contributed by atoms with van der Waals surface area (Å²) in [6.45, 7) is 0. The van der Waals surface area contributed by atoms with Crippen molar-refractivity contribution < 1.29 is 14.3 Å². The predicted octanol–water partition coefficient (Wildman–Crippen LogP) is 2.58. The fourth-order valence-corrected chi connectivity index (χ4v) is 2.55. The van der Waals surface area contributed by atoms with Gasteiger partial charge in [0.25, 0.3) is 0 Å². The van der Waals surface area contributed by atoms with Crippen molar-refractivity contribution in [3.63, 3.8) is 0 Å². The second kappa shape index (κ2) is 5.69. The van der Waals surface area contributed by atoms with E-state index in [-0.39, 0.29) is 33.0 Å². The Morgan fingerprint density at radius 3 is 2.82 bits per heavy atom. The van der Waals surface area contributed by atoms with Crippen LogP contribution in [0.3, 0.4) is 0 Å². The van der Waals surface area contributed by atoms with Gasteiger partial charge < -0.3 is 10.1 Å². The zero-order valence-electron chi connectivity index (χ0n) is 11.5. The number of anilines is 1. The summed E-state index contributed by atoms with van der Waals surface area (Å²) in [6, 6.07) is 7.06. The Morgan fingerprint density at radius 1 is 1.23 bits per heavy atom. The molecule has 0 spiro atoms. The second-order valence-electron chi connectivity index (χ2n) is 4.49. The summed E-state index contributed by atoms with van der Waals surface area (Å²) in [4.78, 5) is 32.5. The van der Waals surface area contributed by atoms with Crippen LogP contribution in [-0.2, 0) is 0 Å². The van der Waals surface area contributed by atoms with Gasteiger partial charge >= 0.3 is 0 Å². The highest BCUT2D eigenvalue weighted by molar-refractivity contribution is 9.12. The topological polar surface area (TPSA) is 81.2 Å². The number of benzene rings is 1. The van der Waals surface area contributed by atoms with Crippen molar-refractivity contribution >= 4 is 33.2 Å². The van der Waals surface area contributed by atoms with E-state index in [9.17, 15) is 9.59 Å². The van der Waals surface area contributed by atoms with Gasteiger partial charge in [-0.1, -0.05) is 6.07 Å². The van der Waals surface area contributed by atoms with Crippen LogP contribution in [0.1, 0.15) is 20.8 Å². The fraction of sp³-hybridized carbons (Fsp3) is 0.0667. The summed E-state index contributed by atoms with van der Waals surface area (Å²) in [5.41, 5.74) is 1.07. The Kier molecular flexibility index (Phi) is 3.72. The third kappa shape index (κ3) is 2.39. The third-order valence-electron chi connectivity index (χ3n) is 3.16. The number of methoxy groups -OCH3 is 1. The lowest BCUT2D eigenvalue weighted by molar-refractivity contribution is 0.0979. The van der Waals surface area contributed by atoms with Crippen molar-refractivity contribution in [2.75, 3.05) is 12.4 Å². The molecule has 0 saturated heterocycles. The number of ketones is 2. The molecule has 1 aromatic carbocycles. The molecule has 6 nitrogen and oxygen atoms in total. The number of carbonyl (C=O) groups excluding carboxylic acids is 2. The molecule has 1 aromatic heterocycles. The van der Waals surface area contributed by atoms with Crippen molar-refractivity contribution in [2.24, 2.45) is 0 Å². The van der Waals surface area contributed by atoms with E-state index < -0.39 is 0 Å². The molecule has 0 saturated carbocycles. The van der Waals surface area contributed by atoms with Gasteiger partial charge in [-0.3, -0.25) is 9.59 Å². The van der Waals surface area contributed by atoms with E-state index in [0.717, 1.165) is 0 Å². The van der Waals surface area contributed by atoms with E-state index in [0.29, 0.717) is 11.4 Å². The maximum Gasteiger partial charge on any atom is 0.221 e. The highest BCUT2D eigenvalue weighted by atomic mass is 79.9. The van der Waals surface area contributed by atoms with Crippen molar-refractivity contribution in [1.29, 1.82) is 0 Å². The van der Waals surface area contributed by atoms with Gasteiger partial charge in [0.05, 0.1) is 17.2 Å². The van der Waals surface area contributed by atoms with Crippen LogP contribution in [0, 0.1) is 0 Å². The number of Topliss-reactive ketones (excluding diaryl/α,β-unsaturated/α-hetero) is 2. The third-order valence-corrected chi connectivity index (χ3v) is 3.91. The van der Waals surface area contributed by atoms with Crippen LogP contribution < -0.4 is 10.1 Å². The van der Waals surface area contributed by atoms with Gasteiger partial charge in [0.2, 0.25) is 11.6 Å². The first-order valence-electron chi connectivity index (χ1n) is 6.32. The normalized spacial score (nSPS) is 13.9. The van der Waals surface area contributed by atoms with Crippen LogP contribution in [0.5, 0.6) is 5.75 Å². The zero-order chi connectivity index (χ0) is 15.7. The number of carbonyl (C=O) groups is 2. The molecule has 22 heavy (non-hydrogen) atoms. The smallest absolute Gasteiger partial charge is 0.221 e. The summed E-state index contributed by atoms with van der Waals surface area (Å²) in [7, 11) is 1.55. The van der Waals surface area contributed by atoms with Crippen LogP contribution in [0.2, 0.25) is 0 Å². The highest BCUT2D eigenvalue weighted by Crippen LogP contribution is 2.29. The Hall–Kier alpha value is -2.54. The molecule has 1 N–H and O–H groups in total. The molecule has 1 aliphatic carbocycles. The number of halogens is 1. The molecule has 0 amide bonds. The molecule has 0 unspecified atom stereocenters. The number of rotatable bonds is 3. The number of allylic oxidation sites excluding steroid dienone is 2. The summed E-state index contributed by atoms with van der Waals surface area (Å²) >= 11 is 3.18. The molecule has 3 rings (SSSR count). The van der Waals surface area contributed by atoms with Crippen LogP contribution in [0.4, 0.5) is 5.69 Å². The molecule has 0 aliphatic heterocycles. The predicted molar refractivity (Wildman–Crippen MR) is 83.3 cm³/mol. The Balaban J connectivity index is 2.01. The standard InChI is InChI=1S/C15H10BrN3O3/c1-22-9-4-2-3-8(5-9)19-13-11(16)15(21)12-10(14(13)20)6-17-7-18-12/h2-7,19H,1H3. The molecule has 110 valence electrons. The Morgan fingerprint density at radius 2 is 2.05 bits per heavy atom.